The first-order valence-corrected chi connectivity index (χ1v) is 7.46. The summed E-state index contributed by atoms with van der Waals surface area (Å²) in [7, 11) is -4.00. The molecule has 0 spiro atoms. The highest BCUT2D eigenvalue weighted by atomic mass is 35.5. The highest BCUT2D eigenvalue weighted by Crippen LogP contribution is 2.22. The molecule has 2 unspecified atom stereocenters. The first kappa shape index (κ1) is 17.3. The quantitative estimate of drug-likeness (QED) is 0.901. The number of piperazine rings is 1. The Balaban J connectivity index is 0.00000200. The van der Waals surface area contributed by atoms with Gasteiger partial charge >= 0.3 is 0 Å². The summed E-state index contributed by atoms with van der Waals surface area (Å²) >= 11 is 0. The molecule has 0 amide bonds. The standard InChI is InChI=1S/C12H16F2N2O2S.ClH/c1-8-6-16(7-9(2)15-8)19(17,18)12-5-10(13)3-4-11(12)14;/h3-5,8-9,15H,6-7H2,1-2H3;1H. The summed E-state index contributed by atoms with van der Waals surface area (Å²) in [4.78, 5) is -0.603. The highest BCUT2D eigenvalue weighted by Gasteiger charge is 2.33. The Labute approximate surface area is 123 Å². The smallest absolute Gasteiger partial charge is 0.246 e. The van der Waals surface area contributed by atoms with Crippen molar-refractivity contribution in [1.82, 2.24) is 9.62 Å². The summed E-state index contributed by atoms with van der Waals surface area (Å²) in [5.74, 6) is -1.70. The van der Waals surface area contributed by atoms with Gasteiger partial charge in [-0.3, -0.25) is 0 Å². The van der Waals surface area contributed by atoms with E-state index in [0.717, 1.165) is 18.2 Å². The van der Waals surface area contributed by atoms with Crippen LogP contribution in [0.2, 0.25) is 0 Å². The first-order valence-electron chi connectivity index (χ1n) is 6.02. The fraction of sp³-hybridized carbons (Fsp3) is 0.500. The zero-order chi connectivity index (χ0) is 14.2. The van der Waals surface area contributed by atoms with Crippen molar-refractivity contribution in [2.24, 2.45) is 0 Å². The predicted molar refractivity (Wildman–Crippen MR) is 74.4 cm³/mol. The lowest BCUT2D eigenvalue weighted by Crippen LogP contribution is -2.55. The van der Waals surface area contributed by atoms with Gasteiger partial charge in [-0.05, 0) is 32.0 Å². The molecule has 20 heavy (non-hydrogen) atoms. The second-order valence-electron chi connectivity index (χ2n) is 4.87. The van der Waals surface area contributed by atoms with Gasteiger partial charge in [0.2, 0.25) is 10.0 Å². The van der Waals surface area contributed by atoms with E-state index >= 15 is 0 Å². The number of rotatable bonds is 2. The second kappa shape index (κ2) is 6.34. The molecule has 2 atom stereocenters. The molecule has 0 aromatic heterocycles. The maximum Gasteiger partial charge on any atom is 0.246 e. The third kappa shape index (κ3) is 3.46. The maximum atomic E-state index is 13.6. The minimum atomic E-state index is -4.00. The third-order valence-electron chi connectivity index (χ3n) is 3.04. The van der Waals surface area contributed by atoms with Crippen molar-refractivity contribution >= 4 is 22.4 Å². The first-order chi connectivity index (χ1) is 8.80. The second-order valence-corrected chi connectivity index (χ2v) is 6.77. The Morgan fingerprint density at radius 3 is 2.30 bits per heavy atom. The van der Waals surface area contributed by atoms with Crippen molar-refractivity contribution in [1.29, 1.82) is 0 Å². The Hall–Kier alpha value is -0.760. The molecule has 1 aromatic carbocycles. The number of benzene rings is 1. The summed E-state index contributed by atoms with van der Waals surface area (Å²) < 4.78 is 52.6. The van der Waals surface area contributed by atoms with Gasteiger partial charge in [0.25, 0.3) is 0 Å². The van der Waals surface area contributed by atoms with E-state index in [-0.39, 0.29) is 37.6 Å². The van der Waals surface area contributed by atoms with Gasteiger partial charge in [-0.25, -0.2) is 17.2 Å². The van der Waals surface area contributed by atoms with Gasteiger partial charge < -0.3 is 5.32 Å². The maximum absolute atomic E-state index is 13.6. The molecule has 8 heteroatoms. The number of hydrogen-bond acceptors (Lipinski definition) is 3. The molecule has 0 saturated carbocycles. The number of nitrogens with one attached hydrogen (secondary N) is 1. The average molecular weight is 327 g/mol. The molecule has 0 bridgehead atoms. The van der Waals surface area contributed by atoms with Crippen LogP contribution in [-0.2, 0) is 10.0 Å². The fourth-order valence-electron chi connectivity index (χ4n) is 2.29. The van der Waals surface area contributed by atoms with Crippen LogP contribution in [0.15, 0.2) is 23.1 Å². The fourth-order valence-corrected chi connectivity index (χ4v) is 3.98. The van der Waals surface area contributed by atoms with E-state index in [1.165, 1.54) is 4.31 Å². The summed E-state index contributed by atoms with van der Waals surface area (Å²) in [6, 6.07) is 2.39. The number of hydrogen-bond donors (Lipinski definition) is 1. The van der Waals surface area contributed by atoms with Crippen LogP contribution in [0.4, 0.5) is 8.78 Å². The molecule has 0 radical (unpaired) electrons. The van der Waals surface area contributed by atoms with E-state index in [9.17, 15) is 17.2 Å². The van der Waals surface area contributed by atoms with Gasteiger partial charge in [-0.1, -0.05) is 0 Å². The van der Waals surface area contributed by atoms with Crippen molar-refractivity contribution in [2.75, 3.05) is 13.1 Å². The zero-order valence-electron chi connectivity index (χ0n) is 11.1. The van der Waals surface area contributed by atoms with E-state index in [1.54, 1.807) is 0 Å². The molecule has 1 aliphatic heterocycles. The normalized spacial score (nSPS) is 24.2. The Morgan fingerprint density at radius 2 is 1.75 bits per heavy atom. The van der Waals surface area contributed by atoms with Crippen LogP contribution >= 0.6 is 12.4 Å². The lowest BCUT2D eigenvalue weighted by atomic mass is 10.2. The van der Waals surface area contributed by atoms with Crippen LogP contribution in [0.5, 0.6) is 0 Å². The Bertz CT molecular complexity index is 573. The molecular formula is C12H17ClF2N2O2S. The lowest BCUT2D eigenvalue weighted by molar-refractivity contribution is 0.262. The Kier molecular flexibility index (Phi) is 5.48. The predicted octanol–water partition coefficient (Wildman–Crippen LogP) is 1.76. The molecule has 1 saturated heterocycles. The van der Waals surface area contributed by atoms with Crippen molar-refractivity contribution in [2.45, 2.75) is 30.8 Å². The van der Waals surface area contributed by atoms with E-state index < -0.39 is 26.6 Å². The molecule has 1 heterocycles. The summed E-state index contributed by atoms with van der Waals surface area (Å²) in [5, 5.41) is 3.18. The van der Waals surface area contributed by atoms with Crippen LogP contribution < -0.4 is 5.32 Å². The SMILES string of the molecule is CC1CN(S(=O)(=O)c2cc(F)ccc2F)CC(C)N1.Cl. The molecule has 4 nitrogen and oxygen atoms in total. The summed E-state index contributed by atoms with van der Waals surface area (Å²) in [5.41, 5.74) is 0. The van der Waals surface area contributed by atoms with Crippen molar-refractivity contribution in [3.63, 3.8) is 0 Å². The molecular weight excluding hydrogens is 310 g/mol. The lowest BCUT2D eigenvalue weighted by Gasteiger charge is -2.35. The van der Waals surface area contributed by atoms with E-state index in [4.69, 9.17) is 0 Å². The summed E-state index contributed by atoms with van der Waals surface area (Å²) in [6.45, 7) is 4.17. The minimum Gasteiger partial charge on any atom is -0.309 e. The molecule has 2 rings (SSSR count). The molecule has 114 valence electrons. The van der Waals surface area contributed by atoms with E-state index in [0.29, 0.717) is 0 Å². The van der Waals surface area contributed by atoms with Gasteiger partial charge in [0, 0.05) is 25.2 Å². The third-order valence-corrected chi connectivity index (χ3v) is 4.88. The van der Waals surface area contributed by atoms with Gasteiger partial charge in [0.15, 0.2) is 0 Å². The molecule has 0 aliphatic carbocycles. The van der Waals surface area contributed by atoms with Crippen LogP contribution in [0.3, 0.4) is 0 Å². The van der Waals surface area contributed by atoms with Gasteiger partial charge in [-0.15, -0.1) is 12.4 Å². The number of sulfonamides is 1. The van der Waals surface area contributed by atoms with E-state index in [2.05, 4.69) is 5.32 Å². The van der Waals surface area contributed by atoms with Gasteiger partial charge in [0.1, 0.15) is 16.5 Å². The van der Waals surface area contributed by atoms with Crippen molar-refractivity contribution in [3.8, 4) is 0 Å². The summed E-state index contributed by atoms with van der Waals surface area (Å²) in [6.07, 6.45) is 0. The molecule has 1 aliphatic rings. The van der Waals surface area contributed by atoms with Crippen LogP contribution in [-0.4, -0.2) is 37.9 Å². The van der Waals surface area contributed by atoms with Gasteiger partial charge in [-0.2, -0.15) is 4.31 Å². The van der Waals surface area contributed by atoms with Crippen LogP contribution in [0.25, 0.3) is 0 Å². The largest absolute Gasteiger partial charge is 0.309 e. The minimum absolute atomic E-state index is 0. The highest BCUT2D eigenvalue weighted by molar-refractivity contribution is 7.89. The molecule has 1 fully saturated rings. The van der Waals surface area contributed by atoms with Crippen molar-refractivity contribution in [3.05, 3.63) is 29.8 Å². The molecule has 1 aromatic rings. The van der Waals surface area contributed by atoms with Gasteiger partial charge in [0.05, 0.1) is 0 Å². The number of halogens is 3. The topological polar surface area (TPSA) is 49.4 Å². The zero-order valence-corrected chi connectivity index (χ0v) is 12.8. The average Bonchev–Trinajstić information content (AvgIpc) is 2.31. The number of nitrogens with zero attached hydrogens (tertiary/aromatic N) is 1. The monoisotopic (exact) mass is 326 g/mol. The van der Waals surface area contributed by atoms with Crippen LogP contribution in [0.1, 0.15) is 13.8 Å². The molecule has 1 N–H and O–H groups in total. The Morgan fingerprint density at radius 1 is 1.20 bits per heavy atom. The van der Waals surface area contributed by atoms with Crippen LogP contribution in [0, 0.1) is 11.6 Å². The van der Waals surface area contributed by atoms with Crippen molar-refractivity contribution < 1.29 is 17.2 Å². The van der Waals surface area contributed by atoms with E-state index in [1.807, 2.05) is 13.8 Å².